The molecule has 1 aliphatic carbocycles. The lowest BCUT2D eigenvalue weighted by Crippen LogP contribution is -2.47. The molecule has 106 valence electrons. The van der Waals surface area contributed by atoms with Crippen molar-refractivity contribution in [1.82, 2.24) is 5.43 Å². The highest BCUT2D eigenvalue weighted by molar-refractivity contribution is 6.30. The second-order valence-electron chi connectivity index (χ2n) is 4.97. The van der Waals surface area contributed by atoms with E-state index >= 15 is 0 Å². The zero-order valence-corrected chi connectivity index (χ0v) is 11.8. The highest BCUT2D eigenvalue weighted by Gasteiger charge is 2.37. The Morgan fingerprint density at radius 2 is 2.26 bits per heavy atom. The van der Waals surface area contributed by atoms with E-state index in [-0.39, 0.29) is 18.0 Å². The number of nitrogens with one attached hydrogen (secondary N) is 1. The Balaban J connectivity index is 2.08. The molecule has 0 aliphatic heterocycles. The van der Waals surface area contributed by atoms with E-state index in [4.69, 9.17) is 22.2 Å². The Kier molecular flexibility index (Phi) is 5.16. The molecule has 3 N–H and O–H groups in total. The van der Waals surface area contributed by atoms with Gasteiger partial charge in [-0.2, -0.15) is 0 Å². The van der Waals surface area contributed by atoms with E-state index in [9.17, 15) is 4.39 Å². The van der Waals surface area contributed by atoms with Crippen molar-refractivity contribution in [1.29, 1.82) is 0 Å². The smallest absolute Gasteiger partial charge is 0.127 e. The van der Waals surface area contributed by atoms with Crippen molar-refractivity contribution in [2.45, 2.75) is 38.3 Å². The number of rotatable bonds is 7. The van der Waals surface area contributed by atoms with Crippen molar-refractivity contribution in [3.63, 3.8) is 0 Å². The number of hydrogen-bond donors (Lipinski definition) is 2. The maximum atomic E-state index is 13.8. The van der Waals surface area contributed by atoms with Crippen molar-refractivity contribution < 1.29 is 9.13 Å². The number of hydrazine groups is 1. The molecule has 0 amide bonds. The Morgan fingerprint density at radius 3 is 2.79 bits per heavy atom. The highest BCUT2D eigenvalue weighted by atomic mass is 35.5. The fourth-order valence-corrected chi connectivity index (χ4v) is 2.55. The van der Waals surface area contributed by atoms with Crippen LogP contribution in [0.3, 0.4) is 0 Å². The van der Waals surface area contributed by atoms with Crippen molar-refractivity contribution in [3.8, 4) is 0 Å². The molecule has 2 unspecified atom stereocenters. The highest BCUT2D eigenvalue weighted by Crippen LogP contribution is 2.36. The molecular weight excluding hydrogens is 267 g/mol. The molecule has 19 heavy (non-hydrogen) atoms. The molecule has 0 spiro atoms. The van der Waals surface area contributed by atoms with Gasteiger partial charge in [0.05, 0.1) is 12.1 Å². The van der Waals surface area contributed by atoms with Crippen molar-refractivity contribution in [2.24, 2.45) is 11.8 Å². The second-order valence-corrected chi connectivity index (χ2v) is 5.41. The molecule has 0 aromatic heterocycles. The standard InChI is InChI=1S/C14H20ClFN2O/c1-2-19-14(9-3-4-9)13(18-17)7-10-5-6-11(15)8-12(10)16/h5-6,8-9,13-14,18H,2-4,7,17H2,1H3. The molecule has 0 bridgehead atoms. The van der Waals surface area contributed by atoms with E-state index in [1.54, 1.807) is 12.1 Å². The average Bonchev–Trinajstić information content (AvgIpc) is 3.20. The summed E-state index contributed by atoms with van der Waals surface area (Å²) in [4.78, 5) is 0. The van der Waals surface area contributed by atoms with Crippen LogP contribution in [0.25, 0.3) is 0 Å². The summed E-state index contributed by atoms with van der Waals surface area (Å²) in [7, 11) is 0. The van der Waals surface area contributed by atoms with Crippen LogP contribution in [-0.2, 0) is 11.2 Å². The summed E-state index contributed by atoms with van der Waals surface area (Å²) in [6, 6.07) is 4.65. The molecule has 1 aromatic carbocycles. The van der Waals surface area contributed by atoms with Crippen molar-refractivity contribution >= 4 is 11.6 Å². The molecule has 1 aromatic rings. The van der Waals surface area contributed by atoms with Gasteiger partial charge in [0.15, 0.2) is 0 Å². The van der Waals surface area contributed by atoms with Gasteiger partial charge in [0, 0.05) is 11.6 Å². The Morgan fingerprint density at radius 1 is 1.53 bits per heavy atom. The first-order chi connectivity index (χ1) is 9.15. The van der Waals surface area contributed by atoms with Gasteiger partial charge >= 0.3 is 0 Å². The number of benzene rings is 1. The number of nitrogens with two attached hydrogens (primary N) is 1. The van der Waals surface area contributed by atoms with Gasteiger partial charge in [-0.25, -0.2) is 4.39 Å². The predicted molar refractivity (Wildman–Crippen MR) is 74.4 cm³/mol. The monoisotopic (exact) mass is 286 g/mol. The SMILES string of the molecule is CCOC(C1CC1)C(Cc1ccc(Cl)cc1F)NN. The molecular formula is C14H20ClFN2O. The van der Waals surface area contributed by atoms with Crippen LogP contribution in [0.5, 0.6) is 0 Å². The van der Waals surface area contributed by atoms with Gasteiger partial charge < -0.3 is 4.74 Å². The third-order valence-corrected chi connectivity index (χ3v) is 3.75. The summed E-state index contributed by atoms with van der Waals surface area (Å²) in [6.45, 7) is 2.61. The minimum Gasteiger partial charge on any atom is -0.377 e. The molecule has 0 radical (unpaired) electrons. The van der Waals surface area contributed by atoms with E-state index in [2.05, 4.69) is 5.43 Å². The van der Waals surface area contributed by atoms with E-state index in [0.29, 0.717) is 29.5 Å². The summed E-state index contributed by atoms with van der Waals surface area (Å²) in [5.41, 5.74) is 3.38. The van der Waals surface area contributed by atoms with Crippen molar-refractivity contribution in [2.75, 3.05) is 6.61 Å². The average molecular weight is 287 g/mol. The topological polar surface area (TPSA) is 47.3 Å². The van der Waals surface area contributed by atoms with Crippen LogP contribution < -0.4 is 11.3 Å². The quantitative estimate of drug-likeness (QED) is 0.598. The van der Waals surface area contributed by atoms with Crippen LogP contribution in [0.15, 0.2) is 18.2 Å². The Bertz CT molecular complexity index is 426. The van der Waals surface area contributed by atoms with Crippen molar-refractivity contribution in [3.05, 3.63) is 34.6 Å². The summed E-state index contributed by atoms with van der Waals surface area (Å²) < 4.78 is 19.6. The minimum absolute atomic E-state index is 0.0464. The molecule has 5 heteroatoms. The van der Waals surface area contributed by atoms with Crippen LogP contribution in [0, 0.1) is 11.7 Å². The number of hydrogen-bond acceptors (Lipinski definition) is 3. The first-order valence-corrected chi connectivity index (χ1v) is 7.05. The zero-order chi connectivity index (χ0) is 13.8. The molecule has 2 atom stereocenters. The first-order valence-electron chi connectivity index (χ1n) is 6.67. The molecule has 2 rings (SSSR count). The molecule has 1 aliphatic rings. The minimum atomic E-state index is -0.293. The lowest BCUT2D eigenvalue weighted by atomic mass is 9.98. The fraction of sp³-hybridized carbons (Fsp3) is 0.571. The number of halogens is 2. The molecule has 0 heterocycles. The van der Waals surface area contributed by atoms with Crippen LogP contribution in [-0.4, -0.2) is 18.8 Å². The van der Waals surface area contributed by atoms with Gasteiger partial charge in [-0.3, -0.25) is 11.3 Å². The van der Waals surface area contributed by atoms with E-state index in [1.807, 2.05) is 6.92 Å². The fourth-order valence-electron chi connectivity index (χ4n) is 2.39. The van der Waals surface area contributed by atoms with Crippen LogP contribution in [0.1, 0.15) is 25.3 Å². The Hall–Kier alpha value is -0.680. The molecule has 1 saturated carbocycles. The summed E-state index contributed by atoms with van der Waals surface area (Å²) in [5, 5.41) is 0.405. The first kappa shape index (κ1) is 14.7. The lowest BCUT2D eigenvalue weighted by Gasteiger charge is -2.26. The van der Waals surface area contributed by atoms with Gasteiger partial charge in [0.25, 0.3) is 0 Å². The maximum absolute atomic E-state index is 13.8. The summed E-state index contributed by atoms with van der Waals surface area (Å²) in [6.07, 6.45) is 2.86. The third kappa shape index (κ3) is 3.89. The maximum Gasteiger partial charge on any atom is 0.127 e. The third-order valence-electron chi connectivity index (χ3n) is 3.51. The van der Waals surface area contributed by atoms with Crippen LogP contribution >= 0.6 is 11.6 Å². The number of ether oxygens (including phenoxy) is 1. The van der Waals surface area contributed by atoms with Gasteiger partial charge in [-0.15, -0.1) is 0 Å². The Labute approximate surface area is 118 Å². The predicted octanol–water partition coefficient (Wildman–Crippen LogP) is 2.67. The van der Waals surface area contributed by atoms with Gasteiger partial charge in [-0.1, -0.05) is 17.7 Å². The summed E-state index contributed by atoms with van der Waals surface area (Å²) in [5.74, 6) is 5.86. The van der Waals surface area contributed by atoms with Crippen LogP contribution in [0.4, 0.5) is 4.39 Å². The van der Waals surface area contributed by atoms with E-state index in [1.165, 1.54) is 6.07 Å². The molecule has 3 nitrogen and oxygen atoms in total. The molecule has 0 saturated heterocycles. The van der Waals surface area contributed by atoms with E-state index < -0.39 is 0 Å². The summed E-state index contributed by atoms with van der Waals surface area (Å²) >= 11 is 5.76. The van der Waals surface area contributed by atoms with Gasteiger partial charge in [-0.05, 0) is 49.8 Å². The van der Waals surface area contributed by atoms with Gasteiger partial charge in [0.2, 0.25) is 0 Å². The zero-order valence-electron chi connectivity index (χ0n) is 11.0. The molecule has 1 fully saturated rings. The van der Waals surface area contributed by atoms with Crippen LogP contribution in [0.2, 0.25) is 5.02 Å². The van der Waals surface area contributed by atoms with Gasteiger partial charge in [0.1, 0.15) is 5.82 Å². The normalized spacial score (nSPS) is 18.3. The second kappa shape index (κ2) is 6.66. The largest absolute Gasteiger partial charge is 0.377 e. The van der Waals surface area contributed by atoms with E-state index in [0.717, 1.165) is 12.8 Å². The lowest BCUT2D eigenvalue weighted by molar-refractivity contribution is 0.0190.